The fourth-order valence-corrected chi connectivity index (χ4v) is 5.25. The van der Waals surface area contributed by atoms with Crippen molar-refractivity contribution >= 4 is 21.6 Å². The molecule has 0 spiro atoms. The van der Waals surface area contributed by atoms with Gasteiger partial charge in [-0.25, -0.2) is 8.42 Å². The lowest BCUT2D eigenvalue weighted by molar-refractivity contribution is 0.167. The van der Waals surface area contributed by atoms with Gasteiger partial charge < -0.3 is 0 Å². The van der Waals surface area contributed by atoms with E-state index in [0.29, 0.717) is 23.9 Å². The van der Waals surface area contributed by atoms with Crippen LogP contribution in [0.1, 0.15) is 24.8 Å². The van der Waals surface area contributed by atoms with E-state index in [-0.39, 0.29) is 6.04 Å². The molecule has 0 N–H and O–H groups in total. The molecule has 1 atom stereocenters. The summed E-state index contributed by atoms with van der Waals surface area (Å²) in [5.74, 6) is 6.61. The quantitative estimate of drug-likeness (QED) is 0.766. The average Bonchev–Trinajstić information content (AvgIpc) is 2.87. The Morgan fingerprint density at radius 1 is 1.26 bits per heavy atom. The van der Waals surface area contributed by atoms with Crippen molar-refractivity contribution in [3.05, 3.63) is 34.9 Å². The Morgan fingerprint density at radius 3 is 2.87 bits per heavy atom. The van der Waals surface area contributed by atoms with Crippen molar-refractivity contribution in [1.82, 2.24) is 9.21 Å². The lowest BCUT2D eigenvalue weighted by atomic mass is 10.1. The Hall–Kier alpha value is -1.06. The van der Waals surface area contributed by atoms with E-state index >= 15 is 0 Å². The van der Waals surface area contributed by atoms with Gasteiger partial charge in [0.2, 0.25) is 10.0 Å². The second kappa shape index (κ2) is 7.23. The van der Waals surface area contributed by atoms with Crippen LogP contribution >= 0.6 is 11.6 Å². The maximum absolute atomic E-state index is 12.1. The zero-order valence-corrected chi connectivity index (χ0v) is 14.6. The summed E-state index contributed by atoms with van der Waals surface area (Å²) in [6.45, 7) is 3.10. The standard InChI is InChI=1S/C17H21ClN2O2S/c18-16-7-1-5-15(13-16)6-2-9-19-10-3-8-17(14-19)20-11-4-12-23(20,21)22/h1,5,7,13,17H,3-4,8-12,14H2. The molecular weight excluding hydrogens is 332 g/mol. The Labute approximate surface area is 143 Å². The van der Waals surface area contributed by atoms with Crippen molar-refractivity contribution in [3.8, 4) is 11.8 Å². The molecule has 124 valence electrons. The Morgan fingerprint density at radius 2 is 2.13 bits per heavy atom. The van der Waals surface area contributed by atoms with E-state index in [2.05, 4.69) is 16.7 Å². The number of halogens is 1. The summed E-state index contributed by atoms with van der Waals surface area (Å²) in [6, 6.07) is 7.63. The second-order valence-electron chi connectivity index (χ2n) is 6.12. The molecular formula is C17H21ClN2O2S. The van der Waals surface area contributed by atoms with Crippen LogP contribution in [0.5, 0.6) is 0 Å². The summed E-state index contributed by atoms with van der Waals surface area (Å²) in [6.07, 6.45) is 2.74. The van der Waals surface area contributed by atoms with Crippen molar-refractivity contribution in [1.29, 1.82) is 0 Å². The molecule has 2 fully saturated rings. The number of likely N-dealkylation sites (tertiary alicyclic amines) is 1. The van der Waals surface area contributed by atoms with Crippen LogP contribution in [0.3, 0.4) is 0 Å². The van der Waals surface area contributed by atoms with Gasteiger partial charge in [0.25, 0.3) is 0 Å². The number of sulfonamides is 1. The molecule has 3 rings (SSSR count). The molecule has 2 aliphatic heterocycles. The molecule has 0 radical (unpaired) electrons. The van der Waals surface area contributed by atoms with E-state index in [9.17, 15) is 8.42 Å². The predicted molar refractivity (Wildman–Crippen MR) is 92.9 cm³/mol. The fourth-order valence-electron chi connectivity index (χ4n) is 3.30. The van der Waals surface area contributed by atoms with Gasteiger partial charge in [0.1, 0.15) is 0 Å². The number of benzene rings is 1. The molecule has 0 saturated carbocycles. The molecule has 23 heavy (non-hydrogen) atoms. The highest BCUT2D eigenvalue weighted by molar-refractivity contribution is 7.89. The third kappa shape index (κ3) is 4.27. The number of piperidine rings is 1. The van der Waals surface area contributed by atoms with Crippen molar-refractivity contribution in [2.45, 2.75) is 25.3 Å². The average molecular weight is 353 g/mol. The van der Waals surface area contributed by atoms with Crippen molar-refractivity contribution in [3.63, 3.8) is 0 Å². The van der Waals surface area contributed by atoms with Crippen LogP contribution in [0.2, 0.25) is 5.02 Å². The minimum atomic E-state index is -3.02. The molecule has 0 amide bonds. The lowest BCUT2D eigenvalue weighted by Gasteiger charge is -2.35. The summed E-state index contributed by atoms with van der Waals surface area (Å²) in [7, 11) is -3.02. The molecule has 0 aliphatic carbocycles. The minimum Gasteiger partial charge on any atom is -0.291 e. The van der Waals surface area contributed by atoms with Gasteiger partial charge in [-0.05, 0) is 44.0 Å². The first-order valence-corrected chi connectivity index (χ1v) is 10.00. The van der Waals surface area contributed by atoms with Crippen LogP contribution < -0.4 is 0 Å². The fraction of sp³-hybridized carbons (Fsp3) is 0.529. The van der Waals surface area contributed by atoms with E-state index in [4.69, 9.17) is 11.6 Å². The minimum absolute atomic E-state index is 0.115. The van der Waals surface area contributed by atoms with Gasteiger partial charge in [0.15, 0.2) is 0 Å². The topological polar surface area (TPSA) is 40.6 Å². The Bertz CT molecular complexity index is 724. The largest absolute Gasteiger partial charge is 0.291 e. The highest BCUT2D eigenvalue weighted by Gasteiger charge is 2.36. The van der Waals surface area contributed by atoms with Crippen LogP contribution in [0.4, 0.5) is 0 Å². The molecule has 0 bridgehead atoms. The third-order valence-electron chi connectivity index (χ3n) is 4.39. The summed E-state index contributed by atoms with van der Waals surface area (Å²) < 4.78 is 25.8. The van der Waals surface area contributed by atoms with Crippen molar-refractivity contribution in [2.24, 2.45) is 0 Å². The number of nitrogens with zero attached hydrogens (tertiary/aromatic N) is 2. The highest BCUT2D eigenvalue weighted by atomic mass is 35.5. The van der Waals surface area contributed by atoms with Gasteiger partial charge in [-0.2, -0.15) is 4.31 Å². The first kappa shape index (κ1) is 16.8. The molecule has 1 aromatic carbocycles. The van der Waals surface area contributed by atoms with Crippen molar-refractivity contribution < 1.29 is 8.42 Å². The molecule has 4 nitrogen and oxygen atoms in total. The molecule has 2 heterocycles. The molecule has 6 heteroatoms. The first-order chi connectivity index (χ1) is 11.0. The highest BCUT2D eigenvalue weighted by Crippen LogP contribution is 2.23. The lowest BCUT2D eigenvalue weighted by Crippen LogP contribution is -2.48. The van der Waals surface area contributed by atoms with E-state index in [1.165, 1.54) is 0 Å². The SMILES string of the molecule is O=S1(=O)CCCN1C1CCCN(CC#Cc2cccc(Cl)c2)C1. The second-order valence-corrected chi connectivity index (χ2v) is 8.60. The number of rotatable bonds is 2. The van der Waals surface area contributed by atoms with Gasteiger partial charge >= 0.3 is 0 Å². The van der Waals surface area contributed by atoms with E-state index < -0.39 is 10.0 Å². The van der Waals surface area contributed by atoms with Crippen LogP contribution in [0.25, 0.3) is 0 Å². The predicted octanol–water partition coefficient (Wildman–Crippen LogP) is 2.19. The summed E-state index contributed by atoms with van der Waals surface area (Å²) in [5, 5.41) is 0.689. The molecule has 2 saturated heterocycles. The molecule has 1 unspecified atom stereocenters. The summed E-state index contributed by atoms with van der Waals surface area (Å²) in [5.41, 5.74) is 0.910. The van der Waals surface area contributed by atoms with Crippen LogP contribution in [0, 0.1) is 11.8 Å². The van der Waals surface area contributed by atoms with Gasteiger partial charge in [-0.1, -0.05) is 29.5 Å². The van der Waals surface area contributed by atoms with Crippen LogP contribution in [-0.2, 0) is 10.0 Å². The van der Waals surface area contributed by atoms with Gasteiger partial charge in [0.05, 0.1) is 12.3 Å². The zero-order chi connectivity index (χ0) is 16.3. The Kier molecular flexibility index (Phi) is 5.27. The normalized spacial score (nSPS) is 25.0. The summed E-state index contributed by atoms with van der Waals surface area (Å²) in [4.78, 5) is 2.25. The van der Waals surface area contributed by atoms with Gasteiger partial charge in [-0.3, -0.25) is 4.90 Å². The zero-order valence-electron chi connectivity index (χ0n) is 13.0. The van der Waals surface area contributed by atoms with Crippen molar-refractivity contribution in [2.75, 3.05) is 31.9 Å². The van der Waals surface area contributed by atoms with Gasteiger partial charge in [0, 0.05) is 29.7 Å². The van der Waals surface area contributed by atoms with Crippen LogP contribution in [0.15, 0.2) is 24.3 Å². The molecule has 2 aliphatic rings. The molecule has 0 aromatic heterocycles. The number of hydrogen-bond donors (Lipinski definition) is 0. The third-order valence-corrected chi connectivity index (χ3v) is 6.62. The van der Waals surface area contributed by atoms with E-state index in [1.54, 1.807) is 4.31 Å². The maximum atomic E-state index is 12.1. The molecule has 1 aromatic rings. The monoisotopic (exact) mass is 352 g/mol. The summed E-state index contributed by atoms with van der Waals surface area (Å²) >= 11 is 5.95. The van der Waals surface area contributed by atoms with Gasteiger partial charge in [-0.15, -0.1) is 0 Å². The smallest absolute Gasteiger partial charge is 0.214 e. The van der Waals surface area contributed by atoms with E-state index in [0.717, 1.165) is 37.9 Å². The van der Waals surface area contributed by atoms with Crippen LogP contribution in [-0.4, -0.2) is 55.6 Å². The Balaban J connectivity index is 1.59. The van der Waals surface area contributed by atoms with E-state index in [1.807, 2.05) is 24.3 Å². The number of hydrogen-bond acceptors (Lipinski definition) is 3. The maximum Gasteiger partial charge on any atom is 0.214 e. The first-order valence-electron chi connectivity index (χ1n) is 8.01.